The number of nitrogens with zero attached hydrogens (tertiary/aromatic N) is 1. The average molecular weight is 234 g/mol. The highest BCUT2D eigenvalue weighted by Gasteiger charge is 2.00. The first-order valence-electron chi connectivity index (χ1n) is 6.48. The zero-order valence-electron chi connectivity index (χ0n) is 10.6. The predicted octanol–water partition coefficient (Wildman–Crippen LogP) is 3.06. The van der Waals surface area contributed by atoms with Crippen molar-refractivity contribution >= 4 is 5.91 Å². The normalized spacial score (nSPS) is 10.2. The van der Waals surface area contributed by atoms with Crippen LogP contribution >= 0.6 is 0 Å². The molecule has 0 fully saturated rings. The molecular formula is C14H22N2O. The van der Waals surface area contributed by atoms with Crippen molar-refractivity contribution in [2.75, 3.05) is 0 Å². The molecule has 1 rings (SSSR count). The van der Waals surface area contributed by atoms with Crippen molar-refractivity contribution in [3.05, 3.63) is 30.1 Å². The van der Waals surface area contributed by atoms with Crippen LogP contribution in [0.2, 0.25) is 0 Å². The first kappa shape index (κ1) is 13.7. The summed E-state index contributed by atoms with van der Waals surface area (Å²) in [5.74, 6) is 0.144. The molecule has 0 aliphatic heterocycles. The topological polar surface area (TPSA) is 42.0 Å². The van der Waals surface area contributed by atoms with Crippen molar-refractivity contribution in [3.63, 3.8) is 0 Å². The quantitative estimate of drug-likeness (QED) is 0.702. The van der Waals surface area contributed by atoms with Crippen molar-refractivity contribution in [1.29, 1.82) is 0 Å². The van der Waals surface area contributed by atoms with E-state index < -0.39 is 0 Å². The minimum atomic E-state index is 0.144. The molecular weight excluding hydrogens is 212 g/mol. The molecule has 0 saturated carbocycles. The molecule has 0 atom stereocenters. The molecule has 3 heteroatoms. The fourth-order valence-corrected chi connectivity index (χ4v) is 1.68. The smallest absolute Gasteiger partial charge is 0.220 e. The van der Waals surface area contributed by atoms with Gasteiger partial charge in [0.25, 0.3) is 0 Å². The molecule has 0 bridgehead atoms. The largest absolute Gasteiger partial charge is 0.352 e. The number of unbranched alkanes of at least 4 members (excludes halogenated alkanes) is 4. The van der Waals surface area contributed by atoms with E-state index in [-0.39, 0.29) is 5.91 Å². The number of rotatable bonds is 8. The molecule has 0 aromatic carbocycles. The number of amides is 1. The van der Waals surface area contributed by atoms with Gasteiger partial charge in [0.15, 0.2) is 0 Å². The lowest BCUT2D eigenvalue weighted by molar-refractivity contribution is -0.121. The van der Waals surface area contributed by atoms with E-state index in [0.29, 0.717) is 13.0 Å². The number of carbonyl (C=O) groups excluding carboxylic acids is 1. The molecule has 1 amide bonds. The van der Waals surface area contributed by atoms with Gasteiger partial charge < -0.3 is 5.32 Å². The minimum absolute atomic E-state index is 0.144. The first-order chi connectivity index (χ1) is 8.33. The lowest BCUT2D eigenvalue weighted by Gasteiger charge is -2.04. The molecule has 0 spiro atoms. The minimum Gasteiger partial charge on any atom is -0.352 e. The summed E-state index contributed by atoms with van der Waals surface area (Å²) in [6.07, 6.45) is 10.1. The van der Waals surface area contributed by atoms with Gasteiger partial charge in [0.1, 0.15) is 0 Å². The SMILES string of the molecule is CCCCCCCC(=O)NCc1cccnc1. The summed E-state index contributed by atoms with van der Waals surface area (Å²) in [5.41, 5.74) is 1.05. The van der Waals surface area contributed by atoms with Crippen LogP contribution in [-0.4, -0.2) is 10.9 Å². The van der Waals surface area contributed by atoms with Crippen LogP contribution in [0.5, 0.6) is 0 Å². The van der Waals surface area contributed by atoms with Crippen LogP contribution in [-0.2, 0) is 11.3 Å². The van der Waals surface area contributed by atoms with Crippen LogP contribution in [0.15, 0.2) is 24.5 Å². The van der Waals surface area contributed by atoms with E-state index in [2.05, 4.69) is 17.2 Å². The van der Waals surface area contributed by atoms with Crippen LogP contribution in [0.3, 0.4) is 0 Å². The van der Waals surface area contributed by atoms with Gasteiger partial charge >= 0.3 is 0 Å². The van der Waals surface area contributed by atoms with Gasteiger partial charge in [-0.1, -0.05) is 38.7 Å². The van der Waals surface area contributed by atoms with Crippen molar-refractivity contribution in [3.8, 4) is 0 Å². The first-order valence-corrected chi connectivity index (χ1v) is 6.48. The Labute approximate surface area is 104 Å². The van der Waals surface area contributed by atoms with E-state index in [1.54, 1.807) is 12.4 Å². The van der Waals surface area contributed by atoms with Crippen molar-refractivity contribution in [2.24, 2.45) is 0 Å². The van der Waals surface area contributed by atoms with Gasteiger partial charge in [0.05, 0.1) is 0 Å². The number of hydrogen-bond donors (Lipinski definition) is 1. The summed E-state index contributed by atoms with van der Waals surface area (Å²) in [5, 5.41) is 2.91. The Morgan fingerprint density at radius 3 is 2.82 bits per heavy atom. The predicted molar refractivity (Wildman–Crippen MR) is 69.5 cm³/mol. The standard InChI is InChI=1S/C14H22N2O/c1-2-3-4-5-6-9-14(17)16-12-13-8-7-10-15-11-13/h7-8,10-11H,2-6,9,12H2,1H3,(H,16,17). The van der Waals surface area contributed by atoms with Crippen LogP contribution < -0.4 is 5.32 Å². The Balaban J connectivity index is 2.05. The maximum atomic E-state index is 11.5. The van der Waals surface area contributed by atoms with Gasteiger partial charge in [-0.15, -0.1) is 0 Å². The number of pyridine rings is 1. The van der Waals surface area contributed by atoms with Crippen molar-refractivity contribution in [2.45, 2.75) is 52.0 Å². The van der Waals surface area contributed by atoms with E-state index in [4.69, 9.17) is 0 Å². The maximum absolute atomic E-state index is 11.5. The lowest BCUT2D eigenvalue weighted by atomic mass is 10.1. The fourth-order valence-electron chi connectivity index (χ4n) is 1.68. The average Bonchev–Trinajstić information content (AvgIpc) is 2.37. The molecule has 0 radical (unpaired) electrons. The van der Waals surface area contributed by atoms with Gasteiger partial charge in [-0.2, -0.15) is 0 Å². The number of aromatic nitrogens is 1. The van der Waals surface area contributed by atoms with E-state index in [0.717, 1.165) is 18.4 Å². The van der Waals surface area contributed by atoms with E-state index in [1.807, 2.05) is 12.1 Å². The summed E-state index contributed by atoms with van der Waals surface area (Å²) < 4.78 is 0. The summed E-state index contributed by atoms with van der Waals surface area (Å²) >= 11 is 0. The molecule has 0 aliphatic carbocycles. The third-order valence-electron chi connectivity index (χ3n) is 2.72. The second kappa shape index (κ2) is 8.74. The third-order valence-corrected chi connectivity index (χ3v) is 2.72. The Morgan fingerprint density at radius 2 is 2.12 bits per heavy atom. The maximum Gasteiger partial charge on any atom is 0.220 e. The van der Waals surface area contributed by atoms with Crippen LogP contribution in [0.1, 0.15) is 51.0 Å². The zero-order valence-corrected chi connectivity index (χ0v) is 10.6. The van der Waals surface area contributed by atoms with Gasteiger partial charge in [-0.3, -0.25) is 9.78 Å². The van der Waals surface area contributed by atoms with Gasteiger partial charge in [0.2, 0.25) is 5.91 Å². The lowest BCUT2D eigenvalue weighted by Crippen LogP contribution is -2.22. The van der Waals surface area contributed by atoms with Crippen LogP contribution in [0.25, 0.3) is 0 Å². The molecule has 0 saturated heterocycles. The summed E-state index contributed by atoms with van der Waals surface area (Å²) in [7, 11) is 0. The third kappa shape index (κ3) is 6.72. The molecule has 1 aromatic heterocycles. The molecule has 3 nitrogen and oxygen atoms in total. The van der Waals surface area contributed by atoms with Crippen LogP contribution in [0, 0.1) is 0 Å². The fraction of sp³-hybridized carbons (Fsp3) is 0.571. The van der Waals surface area contributed by atoms with Gasteiger partial charge in [-0.05, 0) is 18.1 Å². The van der Waals surface area contributed by atoms with Crippen molar-refractivity contribution in [1.82, 2.24) is 10.3 Å². The van der Waals surface area contributed by atoms with Crippen LogP contribution in [0.4, 0.5) is 0 Å². The number of nitrogens with one attached hydrogen (secondary N) is 1. The number of carbonyl (C=O) groups is 1. The van der Waals surface area contributed by atoms with E-state index in [9.17, 15) is 4.79 Å². The molecule has 0 aliphatic rings. The number of hydrogen-bond acceptors (Lipinski definition) is 2. The van der Waals surface area contributed by atoms with E-state index >= 15 is 0 Å². The summed E-state index contributed by atoms with van der Waals surface area (Å²) in [6.45, 7) is 2.78. The Kier molecular flexibility index (Phi) is 7.03. The molecule has 17 heavy (non-hydrogen) atoms. The Hall–Kier alpha value is -1.38. The Morgan fingerprint density at radius 1 is 1.29 bits per heavy atom. The van der Waals surface area contributed by atoms with Crippen molar-refractivity contribution < 1.29 is 4.79 Å². The highest BCUT2D eigenvalue weighted by Crippen LogP contribution is 2.05. The molecule has 1 aromatic rings. The van der Waals surface area contributed by atoms with Gasteiger partial charge in [-0.25, -0.2) is 0 Å². The highest BCUT2D eigenvalue weighted by molar-refractivity contribution is 5.75. The highest BCUT2D eigenvalue weighted by atomic mass is 16.1. The molecule has 1 N–H and O–H groups in total. The second-order valence-corrected chi connectivity index (χ2v) is 4.30. The molecule has 0 unspecified atom stereocenters. The van der Waals surface area contributed by atoms with Gasteiger partial charge in [0, 0.05) is 25.4 Å². The molecule has 94 valence electrons. The Bertz CT molecular complexity index is 311. The second-order valence-electron chi connectivity index (χ2n) is 4.30. The monoisotopic (exact) mass is 234 g/mol. The zero-order chi connectivity index (χ0) is 12.3. The molecule has 1 heterocycles. The summed E-state index contributed by atoms with van der Waals surface area (Å²) in [6, 6.07) is 3.85. The van der Waals surface area contributed by atoms with E-state index in [1.165, 1.54) is 19.3 Å². The summed E-state index contributed by atoms with van der Waals surface area (Å²) in [4.78, 5) is 15.5.